The van der Waals surface area contributed by atoms with Crippen molar-refractivity contribution in [3.05, 3.63) is 35.6 Å². The SMILES string of the molecule is CCNC(=O)CO/N=C/c1ccc(F)cc1. The van der Waals surface area contributed by atoms with Crippen molar-refractivity contribution >= 4 is 12.1 Å². The van der Waals surface area contributed by atoms with Crippen LogP contribution < -0.4 is 5.32 Å². The zero-order chi connectivity index (χ0) is 11.8. The number of carbonyl (C=O) groups excluding carboxylic acids is 1. The van der Waals surface area contributed by atoms with Crippen molar-refractivity contribution in [1.29, 1.82) is 0 Å². The third-order valence-corrected chi connectivity index (χ3v) is 1.72. The summed E-state index contributed by atoms with van der Waals surface area (Å²) in [4.78, 5) is 15.7. The van der Waals surface area contributed by atoms with Crippen molar-refractivity contribution in [3.63, 3.8) is 0 Å². The van der Waals surface area contributed by atoms with E-state index >= 15 is 0 Å². The number of hydrogen-bond acceptors (Lipinski definition) is 3. The largest absolute Gasteiger partial charge is 0.386 e. The van der Waals surface area contributed by atoms with Crippen LogP contribution in [0.2, 0.25) is 0 Å². The second-order valence-corrected chi connectivity index (χ2v) is 3.01. The van der Waals surface area contributed by atoms with Crippen LogP contribution in [0.15, 0.2) is 29.4 Å². The monoisotopic (exact) mass is 224 g/mol. The number of benzene rings is 1. The average molecular weight is 224 g/mol. The molecule has 0 aliphatic carbocycles. The Labute approximate surface area is 93.1 Å². The zero-order valence-electron chi connectivity index (χ0n) is 8.94. The van der Waals surface area contributed by atoms with E-state index in [1.165, 1.54) is 18.3 Å². The maximum absolute atomic E-state index is 12.5. The minimum atomic E-state index is -0.305. The lowest BCUT2D eigenvalue weighted by Gasteiger charge is -1.99. The van der Waals surface area contributed by atoms with Crippen LogP contribution in [0, 0.1) is 5.82 Å². The fourth-order valence-corrected chi connectivity index (χ4v) is 0.991. The summed E-state index contributed by atoms with van der Waals surface area (Å²) in [5.74, 6) is -0.529. The number of rotatable bonds is 5. The van der Waals surface area contributed by atoms with Crippen LogP contribution >= 0.6 is 0 Å². The number of likely N-dealkylation sites (N-methyl/N-ethyl adjacent to an activating group) is 1. The second kappa shape index (κ2) is 6.55. The van der Waals surface area contributed by atoms with Crippen LogP contribution in [0.4, 0.5) is 4.39 Å². The summed E-state index contributed by atoms with van der Waals surface area (Å²) in [5, 5.41) is 6.15. The lowest BCUT2D eigenvalue weighted by molar-refractivity contribution is -0.125. The van der Waals surface area contributed by atoms with Crippen LogP contribution in [0.1, 0.15) is 12.5 Å². The molecule has 16 heavy (non-hydrogen) atoms. The summed E-state index contributed by atoms with van der Waals surface area (Å²) in [6.45, 7) is 2.26. The van der Waals surface area contributed by atoms with Gasteiger partial charge in [-0.05, 0) is 24.6 Å². The first-order chi connectivity index (χ1) is 7.72. The number of amides is 1. The van der Waals surface area contributed by atoms with Gasteiger partial charge in [0.2, 0.25) is 0 Å². The molecule has 1 rings (SSSR count). The summed E-state index contributed by atoms with van der Waals surface area (Å²) in [6.07, 6.45) is 1.42. The summed E-state index contributed by atoms with van der Waals surface area (Å²) in [7, 11) is 0. The Morgan fingerprint density at radius 1 is 1.50 bits per heavy atom. The fourth-order valence-electron chi connectivity index (χ4n) is 0.991. The maximum atomic E-state index is 12.5. The molecule has 0 saturated heterocycles. The molecule has 0 aromatic heterocycles. The first-order valence-electron chi connectivity index (χ1n) is 4.90. The number of carbonyl (C=O) groups is 1. The Kier molecular flexibility index (Phi) is 4.98. The maximum Gasteiger partial charge on any atom is 0.260 e. The molecular formula is C11H13FN2O2. The normalized spacial score (nSPS) is 10.4. The van der Waals surface area contributed by atoms with Gasteiger partial charge in [0.15, 0.2) is 6.61 Å². The van der Waals surface area contributed by atoms with Gasteiger partial charge in [0.05, 0.1) is 6.21 Å². The van der Waals surface area contributed by atoms with E-state index in [1.54, 1.807) is 12.1 Å². The lowest BCUT2D eigenvalue weighted by Crippen LogP contribution is -2.26. The van der Waals surface area contributed by atoms with E-state index in [1.807, 2.05) is 6.92 Å². The molecule has 0 heterocycles. The van der Waals surface area contributed by atoms with Gasteiger partial charge >= 0.3 is 0 Å². The molecule has 0 aliphatic rings. The molecule has 5 heteroatoms. The quantitative estimate of drug-likeness (QED) is 0.605. The number of oxime groups is 1. The van der Waals surface area contributed by atoms with Gasteiger partial charge in [-0.15, -0.1) is 0 Å². The van der Waals surface area contributed by atoms with Gasteiger partial charge in [-0.25, -0.2) is 4.39 Å². The fraction of sp³-hybridized carbons (Fsp3) is 0.273. The second-order valence-electron chi connectivity index (χ2n) is 3.01. The molecule has 0 saturated carbocycles. The minimum Gasteiger partial charge on any atom is -0.386 e. The van der Waals surface area contributed by atoms with E-state index in [-0.39, 0.29) is 18.3 Å². The number of nitrogens with one attached hydrogen (secondary N) is 1. The van der Waals surface area contributed by atoms with Crippen molar-refractivity contribution in [2.45, 2.75) is 6.92 Å². The summed E-state index contributed by atoms with van der Waals surface area (Å²) in [6, 6.07) is 5.78. The molecule has 0 bridgehead atoms. The lowest BCUT2D eigenvalue weighted by atomic mass is 10.2. The van der Waals surface area contributed by atoms with Crippen molar-refractivity contribution < 1.29 is 14.0 Å². The molecular weight excluding hydrogens is 211 g/mol. The third kappa shape index (κ3) is 4.54. The number of halogens is 1. The van der Waals surface area contributed by atoms with E-state index in [0.29, 0.717) is 12.1 Å². The molecule has 0 aliphatic heterocycles. The van der Waals surface area contributed by atoms with Crippen molar-refractivity contribution in [2.24, 2.45) is 5.16 Å². The van der Waals surface area contributed by atoms with Crippen molar-refractivity contribution in [3.8, 4) is 0 Å². The Hall–Kier alpha value is -1.91. The van der Waals surface area contributed by atoms with Crippen LogP contribution in [0.5, 0.6) is 0 Å². The molecule has 0 atom stereocenters. The van der Waals surface area contributed by atoms with Gasteiger partial charge < -0.3 is 10.2 Å². The van der Waals surface area contributed by atoms with E-state index in [4.69, 9.17) is 4.84 Å². The molecule has 1 amide bonds. The Bertz CT molecular complexity index is 363. The summed E-state index contributed by atoms with van der Waals surface area (Å²) in [5.41, 5.74) is 0.706. The highest BCUT2D eigenvalue weighted by atomic mass is 19.1. The predicted molar refractivity (Wildman–Crippen MR) is 58.6 cm³/mol. The van der Waals surface area contributed by atoms with Gasteiger partial charge in [-0.3, -0.25) is 4.79 Å². The van der Waals surface area contributed by atoms with E-state index < -0.39 is 0 Å². The Balaban J connectivity index is 2.32. The number of hydrogen-bond donors (Lipinski definition) is 1. The van der Waals surface area contributed by atoms with E-state index in [9.17, 15) is 9.18 Å². The topological polar surface area (TPSA) is 50.7 Å². The molecule has 1 aromatic carbocycles. The average Bonchev–Trinajstić information content (AvgIpc) is 2.27. The van der Waals surface area contributed by atoms with Gasteiger partial charge in [0, 0.05) is 6.54 Å². The molecule has 0 fully saturated rings. The predicted octanol–water partition coefficient (Wildman–Crippen LogP) is 1.31. The zero-order valence-corrected chi connectivity index (χ0v) is 8.94. The standard InChI is InChI=1S/C11H13FN2O2/c1-2-13-11(15)8-16-14-7-9-3-5-10(12)6-4-9/h3-7H,2,8H2,1H3,(H,13,15)/b14-7+. The van der Waals surface area contributed by atoms with Crippen molar-refractivity contribution in [2.75, 3.05) is 13.2 Å². The first kappa shape index (κ1) is 12.2. The molecule has 4 nitrogen and oxygen atoms in total. The van der Waals surface area contributed by atoms with Gasteiger partial charge in [-0.2, -0.15) is 0 Å². The molecule has 1 N–H and O–H groups in total. The Morgan fingerprint density at radius 3 is 2.81 bits per heavy atom. The van der Waals surface area contributed by atoms with E-state index in [2.05, 4.69) is 10.5 Å². The van der Waals surface area contributed by atoms with Crippen LogP contribution in [0.3, 0.4) is 0 Å². The van der Waals surface area contributed by atoms with Gasteiger partial charge in [0.25, 0.3) is 5.91 Å². The number of nitrogens with zero attached hydrogens (tertiary/aromatic N) is 1. The minimum absolute atomic E-state index is 0.120. The van der Waals surface area contributed by atoms with Crippen LogP contribution in [-0.4, -0.2) is 25.3 Å². The summed E-state index contributed by atoms with van der Waals surface area (Å²) < 4.78 is 12.5. The third-order valence-electron chi connectivity index (χ3n) is 1.72. The highest BCUT2D eigenvalue weighted by Gasteiger charge is 1.97. The molecule has 1 aromatic rings. The molecule has 0 radical (unpaired) electrons. The molecule has 0 unspecified atom stereocenters. The van der Waals surface area contributed by atoms with E-state index in [0.717, 1.165) is 0 Å². The smallest absolute Gasteiger partial charge is 0.260 e. The van der Waals surface area contributed by atoms with Crippen LogP contribution in [-0.2, 0) is 9.63 Å². The highest BCUT2D eigenvalue weighted by Crippen LogP contribution is 1.99. The van der Waals surface area contributed by atoms with Crippen LogP contribution in [0.25, 0.3) is 0 Å². The van der Waals surface area contributed by atoms with Crippen molar-refractivity contribution in [1.82, 2.24) is 5.32 Å². The first-order valence-corrected chi connectivity index (χ1v) is 4.90. The molecule has 86 valence electrons. The Morgan fingerprint density at radius 2 is 2.19 bits per heavy atom. The van der Waals surface area contributed by atoms with Gasteiger partial charge in [-0.1, -0.05) is 17.3 Å². The highest BCUT2D eigenvalue weighted by molar-refractivity contribution is 5.79. The molecule has 0 spiro atoms. The summed E-state index contributed by atoms with van der Waals surface area (Å²) >= 11 is 0. The van der Waals surface area contributed by atoms with Gasteiger partial charge in [0.1, 0.15) is 5.82 Å².